The van der Waals surface area contributed by atoms with Gasteiger partial charge in [0.05, 0.1) is 12.6 Å². The molecule has 1 heterocycles. The number of halogens is 1. The van der Waals surface area contributed by atoms with E-state index in [1.165, 1.54) is 0 Å². The SMILES string of the molecule is COc1ccc2cc(Br)cc(C=O)c2n1. The molecule has 0 spiro atoms. The third-order valence-corrected chi connectivity index (χ3v) is 2.56. The lowest BCUT2D eigenvalue weighted by molar-refractivity contribution is 0.112. The van der Waals surface area contributed by atoms with E-state index in [4.69, 9.17) is 4.74 Å². The molecule has 0 saturated heterocycles. The van der Waals surface area contributed by atoms with Gasteiger partial charge in [-0.3, -0.25) is 4.79 Å². The number of methoxy groups -OCH3 is 1. The van der Waals surface area contributed by atoms with Gasteiger partial charge in [0.15, 0.2) is 6.29 Å². The highest BCUT2D eigenvalue weighted by Gasteiger charge is 2.05. The van der Waals surface area contributed by atoms with E-state index in [1.54, 1.807) is 19.2 Å². The van der Waals surface area contributed by atoms with Crippen molar-refractivity contribution < 1.29 is 9.53 Å². The van der Waals surface area contributed by atoms with E-state index < -0.39 is 0 Å². The summed E-state index contributed by atoms with van der Waals surface area (Å²) >= 11 is 3.34. The minimum Gasteiger partial charge on any atom is -0.481 e. The summed E-state index contributed by atoms with van der Waals surface area (Å²) in [4.78, 5) is 15.1. The first kappa shape index (κ1) is 10.1. The van der Waals surface area contributed by atoms with Gasteiger partial charge >= 0.3 is 0 Å². The van der Waals surface area contributed by atoms with Crippen LogP contribution in [-0.4, -0.2) is 18.4 Å². The topological polar surface area (TPSA) is 39.2 Å². The van der Waals surface area contributed by atoms with E-state index in [1.807, 2.05) is 12.1 Å². The van der Waals surface area contributed by atoms with Crippen LogP contribution in [0.2, 0.25) is 0 Å². The Bertz CT molecular complexity index is 525. The molecule has 0 amide bonds. The molecule has 0 atom stereocenters. The maximum absolute atomic E-state index is 10.9. The highest BCUT2D eigenvalue weighted by Crippen LogP contribution is 2.23. The van der Waals surface area contributed by atoms with E-state index in [2.05, 4.69) is 20.9 Å². The van der Waals surface area contributed by atoms with Gasteiger partial charge in [-0.2, -0.15) is 0 Å². The maximum atomic E-state index is 10.9. The molecule has 0 N–H and O–H groups in total. The number of rotatable bonds is 2. The summed E-state index contributed by atoms with van der Waals surface area (Å²) in [7, 11) is 1.55. The van der Waals surface area contributed by atoms with Crippen LogP contribution < -0.4 is 4.74 Å². The smallest absolute Gasteiger partial charge is 0.213 e. The summed E-state index contributed by atoms with van der Waals surface area (Å²) in [5, 5.41) is 0.910. The molecule has 0 bridgehead atoms. The van der Waals surface area contributed by atoms with Gasteiger partial charge < -0.3 is 4.74 Å². The molecule has 2 rings (SSSR count). The van der Waals surface area contributed by atoms with Crippen molar-refractivity contribution in [2.45, 2.75) is 0 Å². The number of fused-ring (bicyclic) bond motifs is 1. The summed E-state index contributed by atoms with van der Waals surface area (Å²) in [5.74, 6) is 0.507. The van der Waals surface area contributed by atoms with Crippen LogP contribution in [0.3, 0.4) is 0 Å². The second-order valence-electron chi connectivity index (χ2n) is 3.04. The molecule has 0 saturated carbocycles. The molecule has 1 aromatic heterocycles. The van der Waals surface area contributed by atoms with Crippen LogP contribution in [0.1, 0.15) is 10.4 Å². The molecule has 3 nitrogen and oxygen atoms in total. The van der Waals surface area contributed by atoms with Crippen molar-refractivity contribution in [3.8, 4) is 5.88 Å². The predicted molar refractivity (Wildman–Crippen MR) is 61.4 cm³/mol. The monoisotopic (exact) mass is 265 g/mol. The van der Waals surface area contributed by atoms with Gasteiger partial charge in [-0.05, 0) is 18.2 Å². The standard InChI is InChI=1S/C11H8BrNO2/c1-15-10-3-2-7-4-9(12)5-8(6-14)11(7)13-10/h2-6H,1H3. The van der Waals surface area contributed by atoms with Crippen LogP contribution >= 0.6 is 15.9 Å². The molecule has 1 aromatic carbocycles. The van der Waals surface area contributed by atoms with Crippen LogP contribution in [0.4, 0.5) is 0 Å². The third kappa shape index (κ3) is 1.85. The Morgan fingerprint density at radius 2 is 2.20 bits per heavy atom. The normalized spacial score (nSPS) is 10.3. The zero-order chi connectivity index (χ0) is 10.8. The lowest BCUT2D eigenvalue weighted by Crippen LogP contribution is -1.91. The molecule has 0 unspecified atom stereocenters. The Morgan fingerprint density at radius 1 is 1.40 bits per heavy atom. The quantitative estimate of drug-likeness (QED) is 0.784. The van der Waals surface area contributed by atoms with Gasteiger partial charge in [0.1, 0.15) is 0 Å². The van der Waals surface area contributed by atoms with E-state index in [0.717, 1.165) is 16.1 Å². The lowest BCUT2D eigenvalue weighted by Gasteiger charge is -2.04. The largest absolute Gasteiger partial charge is 0.481 e. The molecule has 0 aliphatic heterocycles. The molecule has 0 fully saturated rings. The fourth-order valence-corrected chi connectivity index (χ4v) is 1.90. The summed E-state index contributed by atoms with van der Waals surface area (Å²) in [6.07, 6.45) is 0.791. The summed E-state index contributed by atoms with van der Waals surface area (Å²) in [5.41, 5.74) is 1.21. The van der Waals surface area contributed by atoms with Crippen molar-refractivity contribution in [3.63, 3.8) is 0 Å². The van der Waals surface area contributed by atoms with Gasteiger partial charge in [0, 0.05) is 21.5 Å². The zero-order valence-corrected chi connectivity index (χ0v) is 9.61. The number of pyridine rings is 1. The Balaban J connectivity index is 2.79. The molecular formula is C11H8BrNO2. The average Bonchev–Trinajstić information content (AvgIpc) is 2.27. The number of hydrogen-bond acceptors (Lipinski definition) is 3. The number of nitrogens with zero attached hydrogens (tertiary/aromatic N) is 1. The first-order valence-corrected chi connectivity index (χ1v) is 5.13. The second-order valence-corrected chi connectivity index (χ2v) is 3.95. The van der Waals surface area contributed by atoms with Gasteiger partial charge in [-0.1, -0.05) is 15.9 Å². The minimum atomic E-state index is 0.507. The number of benzene rings is 1. The van der Waals surface area contributed by atoms with Gasteiger partial charge in [0.25, 0.3) is 0 Å². The van der Waals surface area contributed by atoms with Gasteiger partial charge in [-0.25, -0.2) is 4.98 Å². The number of carbonyl (C=O) groups is 1. The van der Waals surface area contributed by atoms with Crippen molar-refractivity contribution in [2.24, 2.45) is 0 Å². The fourth-order valence-electron chi connectivity index (χ4n) is 1.41. The second kappa shape index (κ2) is 3.98. The van der Waals surface area contributed by atoms with E-state index in [0.29, 0.717) is 17.0 Å². The molecule has 76 valence electrons. The number of ether oxygens (including phenoxy) is 1. The van der Waals surface area contributed by atoms with Crippen molar-refractivity contribution in [1.82, 2.24) is 4.98 Å². The average molecular weight is 266 g/mol. The molecule has 0 radical (unpaired) electrons. The van der Waals surface area contributed by atoms with Crippen LogP contribution in [0.15, 0.2) is 28.7 Å². The summed E-state index contributed by atoms with van der Waals surface area (Å²) in [6, 6.07) is 7.29. The number of carbonyl (C=O) groups excluding carboxylic acids is 1. The Morgan fingerprint density at radius 3 is 2.87 bits per heavy atom. The van der Waals surface area contributed by atoms with Crippen molar-refractivity contribution >= 4 is 33.1 Å². The molecule has 0 aliphatic rings. The lowest BCUT2D eigenvalue weighted by atomic mass is 10.1. The van der Waals surface area contributed by atoms with E-state index in [9.17, 15) is 4.79 Å². The molecular weight excluding hydrogens is 258 g/mol. The van der Waals surface area contributed by atoms with Crippen LogP contribution in [0.25, 0.3) is 10.9 Å². The Kier molecular flexibility index (Phi) is 2.68. The third-order valence-electron chi connectivity index (χ3n) is 2.10. The van der Waals surface area contributed by atoms with E-state index >= 15 is 0 Å². The van der Waals surface area contributed by atoms with E-state index in [-0.39, 0.29) is 0 Å². The number of aldehydes is 1. The fraction of sp³-hybridized carbons (Fsp3) is 0.0909. The molecule has 15 heavy (non-hydrogen) atoms. The van der Waals surface area contributed by atoms with Crippen LogP contribution in [0.5, 0.6) is 5.88 Å². The Labute approximate surface area is 95.2 Å². The van der Waals surface area contributed by atoms with Crippen LogP contribution in [-0.2, 0) is 0 Å². The summed E-state index contributed by atoms with van der Waals surface area (Å²) in [6.45, 7) is 0. The van der Waals surface area contributed by atoms with Crippen molar-refractivity contribution in [2.75, 3.05) is 7.11 Å². The Hall–Kier alpha value is -1.42. The van der Waals surface area contributed by atoms with Crippen molar-refractivity contribution in [1.29, 1.82) is 0 Å². The first-order chi connectivity index (χ1) is 7.24. The predicted octanol–water partition coefficient (Wildman–Crippen LogP) is 2.82. The molecule has 4 heteroatoms. The molecule has 0 aliphatic carbocycles. The van der Waals surface area contributed by atoms with Crippen LogP contribution in [0, 0.1) is 0 Å². The zero-order valence-electron chi connectivity index (χ0n) is 8.03. The number of aromatic nitrogens is 1. The van der Waals surface area contributed by atoms with Crippen molar-refractivity contribution in [3.05, 3.63) is 34.3 Å². The van der Waals surface area contributed by atoms with Gasteiger partial charge in [-0.15, -0.1) is 0 Å². The van der Waals surface area contributed by atoms with Gasteiger partial charge in [0.2, 0.25) is 5.88 Å². The highest BCUT2D eigenvalue weighted by atomic mass is 79.9. The highest BCUT2D eigenvalue weighted by molar-refractivity contribution is 9.10. The minimum absolute atomic E-state index is 0.507. The molecule has 2 aromatic rings. The summed E-state index contributed by atoms with van der Waals surface area (Å²) < 4.78 is 5.88. The first-order valence-electron chi connectivity index (χ1n) is 4.34. The number of hydrogen-bond donors (Lipinski definition) is 0. The maximum Gasteiger partial charge on any atom is 0.213 e.